The quantitative estimate of drug-likeness (QED) is 0.722. The molecule has 128 valence electrons. The van der Waals surface area contributed by atoms with Crippen LogP contribution in [0.4, 0.5) is 0 Å². The van der Waals surface area contributed by atoms with E-state index >= 15 is 0 Å². The molecule has 5 heteroatoms. The molecular formula is C20H19ClN2O2. The summed E-state index contributed by atoms with van der Waals surface area (Å²) in [5.74, 6) is -0.361. The van der Waals surface area contributed by atoms with Gasteiger partial charge in [0.1, 0.15) is 0 Å². The molecule has 25 heavy (non-hydrogen) atoms. The van der Waals surface area contributed by atoms with Gasteiger partial charge in [-0.2, -0.15) is 0 Å². The van der Waals surface area contributed by atoms with Gasteiger partial charge in [-0.3, -0.25) is 0 Å². The number of halogens is 1. The molecule has 1 aliphatic heterocycles. The standard InChI is InChI=1S/C20H19ClN2O2/c1-23-7-6-14(11-23)12-2-4-13(5-3-12)15-8-16-17(20(24)25)10-22-19(16)9-18(15)21/h2-5,8-10,14,22H,6-7,11H2,1H3,(H,24,25)/t14-/m0/s1. The number of benzene rings is 2. The minimum Gasteiger partial charge on any atom is -0.478 e. The fourth-order valence-electron chi connectivity index (χ4n) is 3.68. The topological polar surface area (TPSA) is 56.3 Å². The third kappa shape index (κ3) is 2.92. The van der Waals surface area contributed by atoms with Crippen LogP contribution in [0.15, 0.2) is 42.6 Å². The highest BCUT2D eigenvalue weighted by atomic mass is 35.5. The summed E-state index contributed by atoms with van der Waals surface area (Å²) in [6.45, 7) is 2.23. The molecule has 0 amide bonds. The molecule has 0 radical (unpaired) electrons. The zero-order chi connectivity index (χ0) is 17.6. The molecule has 2 N–H and O–H groups in total. The lowest BCUT2D eigenvalue weighted by molar-refractivity contribution is 0.0699. The summed E-state index contributed by atoms with van der Waals surface area (Å²) in [6, 6.07) is 12.1. The van der Waals surface area contributed by atoms with Gasteiger partial charge < -0.3 is 15.0 Å². The zero-order valence-corrected chi connectivity index (χ0v) is 14.7. The van der Waals surface area contributed by atoms with Crippen LogP contribution in [0.3, 0.4) is 0 Å². The van der Waals surface area contributed by atoms with Crippen LogP contribution >= 0.6 is 11.6 Å². The van der Waals surface area contributed by atoms with Crippen molar-refractivity contribution in [2.75, 3.05) is 20.1 Å². The predicted octanol–water partition coefficient (Wildman–Crippen LogP) is 4.61. The van der Waals surface area contributed by atoms with Crippen molar-refractivity contribution >= 4 is 28.5 Å². The van der Waals surface area contributed by atoms with Crippen LogP contribution in [-0.2, 0) is 0 Å². The van der Waals surface area contributed by atoms with Crippen molar-refractivity contribution in [2.24, 2.45) is 0 Å². The van der Waals surface area contributed by atoms with Crippen molar-refractivity contribution in [1.29, 1.82) is 0 Å². The maximum absolute atomic E-state index is 11.4. The van der Waals surface area contributed by atoms with E-state index in [1.807, 2.05) is 6.07 Å². The largest absolute Gasteiger partial charge is 0.478 e. The van der Waals surface area contributed by atoms with Gasteiger partial charge in [-0.25, -0.2) is 4.79 Å². The minimum absolute atomic E-state index is 0.263. The van der Waals surface area contributed by atoms with Crippen molar-refractivity contribution in [1.82, 2.24) is 9.88 Å². The van der Waals surface area contributed by atoms with Crippen molar-refractivity contribution in [3.05, 3.63) is 58.7 Å². The third-order valence-electron chi connectivity index (χ3n) is 5.08. The van der Waals surface area contributed by atoms with Gasteiger partial charge in [-0.15, -0.1) is 0 Å². The number of likely N-dealkylation sites (tertiary alicyclic amines) is 1. The summed E-state index contributed by atoms with van der Waals surface area (Å²) in [4.78, 5) is 16.7. The second-order valence-electron chi connectivity index (χ2n) is 6.75. The number of H-pyrrole nitrogens is 1. The summed E-state index contributed by atoms with van der Waals surface area (Å²) in [5, 5.41) is 10.6. The van der Waals surface area contributed by atoms with Gasteiger partial charge in [0.15, 0.2) is 0 Å². The van der Waals surface area contributed by atoms with Crippen LogP contribution in [0.5, 0.6) is 0 Å². The first-order valence-corrected chi connectivity index (χ1v) is 8.73. The molecule has 1 saturated heterocycles. The number of nitrogens with one attached hydrogen (secondary N) is 1. The number of rotatable bonds is 3. The lowest BCUT2D eigenvalue weighted by Crippen LogP contribution is -2.13. The third-order valence-corrected chi connectivity index (χ3v) is 5.40. The van der Waals surface area contributed by atoms with E-state index in [2.05, 4.69) is 41.2 Å². The Morgan fingerprint density at radius 2 is 2.04 bits per heavy atom. The van der Waals surface area contributed by atoms with Crippen molar-refractivity contribution in [3.8, 4) is 11.1 Å². The molecule has 1 atom stereocenters. The maximum atomic E-state index is 11.4. The van der Waals surface area contributed by atoms with Crippen LogP contribution in [0.25, 0.3) is 22.0 Å². The fraction of sp³-hybridized carbons (Fsp3) is 0.250. The van der Waals surface area contributed by atoms with E-state index in [1.54, 1.807) is 6.07 Å². The Kier molecular flexibility index (Phi) is 4.02. The summed E-state index contributed by atoms with van der Waals surface area (Å²) in [6.07, 6.45) is 2.70. The lowest BCUT2D eigenvalue weighted by atomic mass is 9.95. The number of likely N-dealkylation sites (N-methyl/N-ethyl adjacent to an activating group) is 1. The molecule has 4 nitrogen and oxygen atoms in total. The van der Waals surface area contributed by atoms with Crippen LogP contribution < -0.4 is 0 Å². The minimum atomic E-state index is -0.944. The SMILES string of the molecule is CN1CC[C@H](c2ccc(-c3cc4c(C(=O)O)c[nH]c4cc3Cl)cc2)C1. The van der Waals surface area contributed by atoms with Crippen LogP contribution in [0.2, 0.25) is 5.02 Å². The Morgan fingerprint density at radius 1 is 1.28 bits per heavy atom. The number of nitrogens with zero attached hydrogens (tertiary/aromatic N) is 1. The molecule has 1 aliphatic rings. The number of hydrogen-bond acceptors (Lipinski definition) is 2. The van der Waals surface area contributed by atoms with Gasteiger partial charge >= 0.3 is 5.97 Å². The van der Waals surface area contributed by atoms with Crippen molar-refractivity contribution in [2.45, 2.75) is 12.3 Å². The molecule has 1 aromatic heterocycles. The molecule has 2 aromatic carbocycles. The van der Waals surface area contributed by atoms with Gasteiger partial charge in [0.05, 0.1) is 10.6 Å². The molecular weight excluding hydrogens is 336 g/mol. The van der Waals surface area contributed by atoms with Gasteiger partial charge in [-0.1, -0.05) is 35.9 Å². The summed E-state index contributed by atoms with van der Waals surface area (Å²) < 4.78 is 0. The Morgan fingerprint density at radius 3 is 2.68 bits per heavy atom. The van der Waals surface area contributed by atoms with E-state index in [1.165, 1.54) is 18.2 Å². The molecule has 0 unspecified atom stereocenters. The van der Waals surface area contributed by atoms with E-state index in [-0.39, 0.29) is 5.56 Å². The number of aromatic amines is 1. The first-order valence-electron chi connectivity index (χ1n) is 8.35. The van der Waals surface area contributed by atoms with Crippen molar-refractivity contribution < 1.29 is 9.90 Å². The van der Waals surface area contributed by atoms with Crippen LogP contribution in [0, 0.1) is 0 Å². The van der Waals surface area contributed by atoms with Gasteiger partial charge in [0, 0.05) is 29.2 Å². The summed E-state index contributed by atoms with van der Waals surface area (Å²) in [5.41, 5.74) is 4.19. The van der Waals surface area contributed by atoms with Crippen molar-refractivity contribution in [3.63, 3.8) is 0 Å². The second kappa shape index (κ2) is 6.21. The maximum Gasteiger partial charge on any atom is 0.337 e. The summed E-state index contributed by atoms with van der Waals surface area (Å²) >= 11 is 6.44. The number of carboxylic acids is 1. The van der Waals surface area contributed by atoms with E-state index in [4.69, 9.17) is 11.6 Å². The average molecular weight is 355 g/mol. The lowest BCUT2D eigenvalue weighted by Gasteiger charge is -2.12. The zero-order valence-electron chi connectivity index (χ0n) is 13.9. The molecule has 0 saturated carbocycles. The molecule has 0 bridgehead atoms. The second-order valence-corrected chi connectivity index (χ2v) is 7.16. The Hall–Kier alpha value is -2.30. The first kappa shape index (κ1) is 16.2. The molecule has 1 fully saturated rings. The fourth-order valence-corrected chi connectivity index (χ4v) is 3.96. The number of fused-ring (bicyclic) bond motifs is 1. The normalized spacial score (nSPS) is 18.1. The number of hydrogen-bond donors (Lipinski definition) is 2. The molecule has 3 aromatic rings. The van der Waals surface area contributed by atoms with Gasteiger partial charge in [0.25, 0.3) is 0 Å². The Balaban J connectivity index is 1.72. The number of carboxylic acid groups (broad SMARTS) is 1. The Labute approximate surface area is 151 Å². The molecule has 0 spiro atoms. The number of carbonyl (C=O) groups is 1. The highest BCUT2D eigenvalue weighted by Crippen LogP contribution is 2.35. The van der Waals surface area contributed by atoms with Gasteiger partial charge in [0.2, 0.25) is 0 Å². The van der Waals surface area contributed by atoms with E-state index < -0.39 is 5.97 Å². The molecule has 4 rings (SSSR count). The van der Waals surface area contributed by atoms with Crippen LogP contribution in [0.1, 0.15) is 28.3 Å². The number of aromatic carboxylic acids is 1. The Bertz CT molecular complexity index is 946. The van der Waals surface area contributed by atoms with Gasteiger partial charge in [-0.05, 0) is 49.2 Å². The van der Waals surface area contributed by atoms with Crippen LogP contribution in [-0.4, -0.2) is 41.1 Å². The monoisotopic (exact) mass is 354 g/mol. The molecule has 2 heterocycles. The number of aromatic nitrogens is 1. The highest BCUT2D eigenvalue weighted by Gasteiger charge is 2.21. The average Bonchev–Trinajstić information content (AvgIpc) is 3.20. The summed E-state index contributed by atoms with van der Waals surface area (Å²) in [7, 11) is 2.15. The predicted molar refractivity (Wildman–Crippen MR) is 101 cm³/mol. The van der Waals surface area contributed by atoms with E-state index in [0.717, 1.165) is 29.7 Å². The highest BCUT2D eigenvalue weighted by molar-refractivity contribution is 6.34. The smallest absolute Gasteiger partial charge is 0.337 e. The van der Waals surface area contributed by atoms with E-state index in [0.29, 0.717) is 16.3 Å². The van der Waals surface area contributed by atoms with E-state index in [9.17, 15) is 9.90 Å². The molecule has 0 aliphatic carbocycles. The first-order chi connectivity index (χ1) is 12.0.